The van der Waals surface area contributed by atoms with E-state index in [2.05, 4.69) is 11.9 Å². The first kappa shape index (κ1) is 21.9. The standard InChI is InChI=1S/C25H33NO2/c1-3-4-5-6-7-8-9-10-19-28-25-17-11-22(12-18-25)20-26-24-15-13-23(14-16-24)21(2)27/h11-18,20H,3-10,19H2,1-2H3. The first-order valence-electron chi connectivity index (χ1n) is 10.6. The Balaban J connectivity index is 1.66. The fourth-order valence-electron chi connectivity index (χ4n) is 3.01. The van der Waals surface area contributed by atoms with E-state index in [0.29, 0.717) is 5.56 Å². The molecule has 3 heteroatoms. The molecule has 0 N–H and O–H groups in total. The Kier molecular flexibility index (Phi) is 10.1. The minimum atomic E-state index is 0.0677. The van der Waals surface area contributed by atoms with Crippen molar-refractivity contribution < 1.29 is 9.53 Å². The van der Waals surface area contributed by atoms with Crippen molar-refractivity contribution >= 4 is 17.7 Å². The number of ketones is 1. The largest absolute Gasteiger partial charge is 0.494 e. The van der Waals surface area contributed by atoms with Gasteiger partial charge >= 0.3 is 0 Å². The second kappa shape index (κ2) is 12.9. The third kappa shape index (κ3) is 8.51. The minimum absolute atomic E-state index is 0.0677. The number of unbranched alkanes of at least 4 members (excludes halogenated alkanes) is 7. The first-order chi connectivity index (χ1) is 13.7. The van der Waals surface area contributed by atoms with E-state index in [1.165, 1.54) is 44.9 Å². The Bertz CT molecular complexity index is 717. The zero-order valence-corrected chi connectivity index (χ0v) is 17.3. The van der Waals surface area contributed by atoms with E-state index >= 15 is 0 Å². The summed E-state index contributed by atoms with van der Waals surface area (Å²) in [5.74, 6) is 0.976. The SMILES string of the molecule is CCCCCCCCCCOc1ccc(C=Nc2ccc(C(C)=O)cc2)cc1. The second-order valence-corrected chi connectivity index (χ2v) is 7.25. The topological polar surface area (TPSA) is 38.7 Å². The van der Waals surface area contributed by atoms with Crippen LogP contribution in [0.3, 0.4) is 0 Å². The third-order valence-electron chi connectivity index (χ3n) is 4.78. The molecule has 0 saturated heterocycles. The van der Waals surface area contributed by atoms with Crippen LogP contribution in [-0.4, -0.2) is 18.6 Å². The summed E-state index contributed by atoms with van der Waals surface area (Å²) in [7, 11) is 0. The van der Waals surface area contributed by atoms with Crippen LogP contribution in [0.25, 0.3) is 0 Å². The predicted octanol–water partition coefficient (Wildman–Crippen LogP) is 7.16. The van der Waals surface area contributed by atoms with Crippen molar-refractivity contribution in [1.29, 1.82) is 0 Å². The lowest BCUT2D eigenvalue weighted by atomic mass is 10.1. The van der Waals surface area contributed by atoms with Crippen molar-refractivity contribution in [2.45, 2.75) is 65.2 Å². The summed E-state index contributed by atoms with van der Waals surface area (Å²) in [6.45, 7) is 4.60. The molecule has 0 aliphatic heterocycles. The number of Topliss-reactive ketones (excluding diaryl/α,β-unsaturated/α-hetero) is 1. The molecule has 0 aliphatic carbocycles. The van der Waals surface area contributed by atoms with Crippen molar-refractivity contribution in [3.63, 3.8) is 0 Å². The molecule has 0 amide bonds. The van der Waals surface area contributed by atoms with Gasteiger partial charge in [0, 0.05) is 11.8 Å². The van der Waals surface area contributed by atoms with Gasteiger partial charge in [0.2, 0.25) is 0 Å². The third-order valence-corrected chi connectivity index (χ3v) is 4.78. The number of benzene rings is 2. The summed E-state index contributed by atoms with van der Waals surface area (Å²) in [5.41, 5.74) is 2.56. The van der Waals surface area contributed by atoms with Gasteiger partial charge in [0.15, 0.2) is 5.78 Å². The van der Waals surface area contributed by atoms with E-state index in [9.17, 15) is 4.79 Å². The van der Waals surface area contributed by atoms with Gasteiger partial charge in [-0.25, -0.2) is 0 Å². The Labute approximate surface area is 169 Å². The van der Waals surface area contributed by atoms with Gasteiger partial charge in [-0.15, -0.1) is 0 Å². The number of hydrogen-bond acceptors (Lipinski definition) is 3. The van der Waals surface area contributed by atoms with Gasteiger partial charge in [-0.05, 0) is 67.4 Å². The highest BCUT2D eigenvalue weighted by atomic mass is 16.5. The van der Waals surface area contributed by atoms with E-state index in [0.717, 1.165) is 30.0 Å². The van der Waals surface area contributed by atoms with Crippen LogP contribution in [0.5, 0.6) is 5.75 Å². The van der Waals surface area contributed by atoms with Crippen LogP contribution in [0.4, 0.5) is 5.69 Å². The molecule has 0 spiro atoms. The summed E-state index contributed by atoms with van der Waals surface area (Å²) >= 11 is 0. The van der Waals surface area contributed by atoms with E-state index in [4.69, 9.17) is 4.74 Å². The molecular weight excluding hydrogens is 346 g/mol. The minimum Gasteiger partial charge on any atom is -0.494 e. The van der Waals surface area contributed by atoms with Gasteiger partial charge in [0.25, 0.3) is 0 Å². The predicted molar refractivity (Wildman–Crippen MR) is 118 cm³/mol. The molecular formula is C25H33NO2. The smallest absolute Gasteiger partial charge is 0.159 e. The van der Waals surface area contributed by atoms with E-state index in [-0.39, 0.29) is 5.78 Å². The molecule has 2 aromatic rings. The molecule has 2 aromatic carbocycles. The van der Waals surface area contributed by atoms with Crippen LogP contribution in [-0.2, 0) is 0 Å². The van der Waals surface area contributed by atoms with Crippen LogP contribution < -0.4 is 4.74 Å². The van der Waals surface area contributed by atoms with Crippen LogP contribution in [0.1, 0.15) is 81.1 Å². The fraction of sp³-hybridized carbons (Fsp3) is 0.440. The van der Waals surface area contributed by atoms with Gasteiger partial charge in [0.1, 0.15) is 5.75 Å². The number of ether oxygens (including phenoxy) is 1. The van der Waals surface area contributed by atoms with Gasteiger partial charge in [0.05, 0.1) is 12.3 Å². The lowest BCUT2D eigenvalue weighted by Crippen LogP contribution is -1.97. The number of nitrogens with zero attached hydrogens (tertiary/aromatic N) is 1. The van der Waals surface area contributed by atoms with Crippen LogP contribution in [0, 0.1) is 0 Å². The average Bonchev–Trinajstić information content (AvgIpc) is 2.72. The normalized spacial score (nSPS) is 11.1. The van der Waals surface area contributed by atoms with Crippen LogP contribution in [0.2, 0.25) is 0 Å². The fourth-order valence-corrected chi connectivity index (χ4v) is 3.01. The summed E-state index contributed by atoms with van der Waals surface area (Å²) in [6, 6.07) is 15.3. The molecule has 0 aromatic heterocycles. The number of carbonyl (C=O) groups excluding carboxylic acids is 1. The molecule has 150 valence electrons. The lowest BCUT2D eigenvalue weighted by Gasteiger charge is -2.06. The van der Waals surface area contributed by atoms with Crippen molar-refractivity contribution in [2.75, 3.05) is 6.61 Å². The Morgan fingerprint density at radius 2 is 1.46 bits per heavy atom. The zero-order valence-electron chi connectivity index (χ0n) is 17.3. The lowest BCUT2D eigenvalue weighted by molar-refractivity contribution is 0.101. The highest BCUT2D eigenvalue weighted by molar-refractivity contribution is 5.94. The number of hydrogen-bond donors (Lipinski definition) is 0. The Hall–Kier alpha value is -2.42. The average molecular weight is 380 g/mol. The Morgan fingerprint density at radius 1 is 0.857 bits per heavy atom. The molecule has 0 aliphatic rings. The van der Waals surface area contributed by atoms with E-state index < -0.39 is 0 Å². The molecule has 0 bridgehead atoms. The Morgan fingerprint density at radius 3 is 2.07 bits per heavy atom. The van der Waals surface area contributed by atoms with Crippen molar-refractivity contribution in [2.24, 2.45) is 4.99 Å². The molecule has 0 heterocycles. The molecule has 3 nitrogen and oxygen atoms in total. The maximum absolute atomic E-state index is 11.3. The highest BCUT2D eigenvalue weighted by Crippen LogP contribution is 2.16. The maximum Gasteiger partial charge on any atom is 0.159 e. The number of carbonyl (C=O) groups is 1. The molecule has 0 atom stereocenters. The van der Waals surface area contributed by atoms with E-state index in [1.54, 1.807) is 19.1 Å². The summed E-state index contributed by atoms with van der Waals surface area (Å²) < 4.78 is 5.83. The summed E-state index contributed by atoms with van der Waals surface area (Å²) in [5, 5.41) is 0. The van der Waals surface area contributed by atoms with Crippen molar-refractivity contribution in [3.8, 4) is 5.75 Å². The van der Waals surface area contributed by atoms with Crippen molar-refractivity contribution in [3.05, 3.63) is 59.7 Å². The monoisotopic (exact) mass is 379 g/mol. The molecule has 0 unspecified atom stereocenters. The van der Waals surface area contributed by atoms with Gasteiger partial charge < -0.3 is 4.74 Å². The second-order valence-electron chi connectivity index (χ2n) is 7.25. The molecule has 0 fully saturated rings. The van der Waals surface area contributed by atoms with Gasteiger partial charge in [-0.1, -0.05) is 51.9 Å². The zero-order chi connectivity index (χ0) is 20.0. The summed E-state index contributed by atoms with van der Waals surface area (Å²) in [6.07, 6.45) is 12.3. The maximum atomic E-state index is 11.3. The number of rotatable bonds is 13. The molecule has 0 saturated carbocycles. The molecule has 0 radical (unpaired) electrons. The van der Waals surface area contributed by atoms with Crippen LogP contribution >= 0.6 is 0 Å². The van der Waals surface area contributed by atoms with Gasteiger partial charge in [-0.3, -0.25) is 9.79 Å². The highest BCUT2D eigenvalue weighted by Gasteiger charge is 1.98. The quantitative estimate of drug-likeness (QED) is 0.210. The van der Waals surface area contributed by atoms with Gasteiger partial charge in [-0.2, -0.15) is 0 Å². The molecule has 2 rings (SSSR count). The molecule has 28 heavy (non-hydrogen) atoms. The van der Waals surface area contributed by atoms with Crippen LogP contribution in [0.15, 0.2) is 53.5 Å². The number of aliphatic imine (C=N–C) groups is 1. The van der Waals surface area contributed by atoms with E-state index in [1.807, 2.05) is 42.6 Å². The summed E-state index contributed by atoms with van der Waals surface area (Å²) in [4.78, 5) is 15.7. The first-order valence-corrected chi connectivity index (χ1v) is 10.6. The van der Waals surface area contributed by atoms with Crippen molar-refractivity contribution in [1.82, 2.24) is 0 Å².